The molecule has 1 aromatic rings. The van der Waals surface area contributed by atoms with Gasteiger partial charge in [0.2, 0.25) is 5.91 Å². The first kappa shape index (κ1) is 20.0. The minimum absolute atomic E-state index is 0. The summed E-state index contributed by atoms with van der Waals surface area (Å²) in [5.41, 5.74) is -0.822. The van der Waals surface area contributed by atoms with Crippen molar-refractivity contribution in [1.82, 2.24) is 20.2 Å². The lowest BCUT2D eigenvalue weighted by Crippen LogP contribution is -2.46. The first-order chi connectivity index (χ1) is 11.4. The number of hydrogen-bond donors (Lipinski definition) is 2. The second-order valence-corrected chi connectivity index (χ2v) is 6.33. The number of aromatic amines is 1. The van der Waals surface area contributed by atoms with E-state index in [0.717, 1.165) is 6.20 Å². The van der Waals surface area contributed by atoms with Gasteiger partial charge < -0.3 is 19.9 Å². The van der Waals surface area contributed by atoms with Crippen LogP contribution < -0.4 is 5.32 Å². The molecule has 0 spiro atoms. The summed E-state index contributed by atoms with van der Waals surface area (Å²) in [5.74, 6) is 0.324. The van der Waals surface area contributed by atoms with Crippen molar-refractivity contribution in [1.29, 1.82) is 0 Å². The number of halogens is 4. The Morgan fingerprint density at radius 2 is 2.04 bits per heavy atom. The van der Waals surface area contributed by atoms with Gasteiger partial charge in [-0.1, -0.05) is 0 Å². The molecule has 3 rings (SSSR count). The lowest BCUT2D eigenvalue weighted by Gasteiger charge is -2.32. The van der Waals surface area contributed by atoms with Gasteiger partial charge in [0.05, 0.1) is 18.3 Å². The average Bonchev–Trinajstić information content (AvgIpc) is 3.23. The number of carbonyl (C=O) groups is 1. The second kappa shape index (κ2) is 7.92. The van der Waals surface area contributed by atoms with Crippen molar-refractivity contribution in [3.63, 3.8) is 0 Å². The van der Waals surface area contributed by atoms with E-state index in [-0.39, 0.29) is 36.4 Å². The topological polar surface area (TPSA) is 70.2 Å². The Morgan fingerprint density at radius 3 is 2.56 bits per heavy atom. The number of amides is 1. The molecule has 1 aromatic heterocycles. The van der Waals surface area contributed by atoms with Gasteiger partial charge in [-0.15, -0.1) is 12.4 Å². The molecule has 25 heavy (non-hydrogen) atoms. The van der Waals surface area contributed by atoms with Gasteiger partial charge in [-0.25, -0.2) is 4.98 Å². The van der Waals surface area contributed by atoms with E-state index in [0.29, 0.717) is 44.7 Å². The summed E-state index contributed by atoms with van der Waals surface area (Å²) in [6.07, 6.45) is -1.65. The number of nitrogens with one attached hydrogen (secondary N) is 2. The number of piperidine rings is 1. The Bertz CT molecular complexity index is 588. The number of rotatable bonds is 3. The SMILES string of the molecule is CO[C@@H]1CN[C@@H](C(=O)N2CCC(c3ncc(C(F)(F)F)[nH]3)CC2)C1.Cl. The predicted molar refractivity (Wildman–Crippen MR) is 86.6 cm³/mol. The van der Waals surface area contributed by atoms with Crippen molar-refractivity contribution in [3.8, 4) is 0 Å². The van der Waals surface area contributed by atoms with Crippen molar-refractivity contribution in [3.05, 3.63) is 17.7 Å². The number of aromatic nitrogens is 2. The predicted octanol–water partition coefficient (Wildman–Crippen LogP) is 1.93. The number of methoxy groups -OCH3 is 1. The van der Waals surface area contributed by atoms with Crippen molar-refractivity contribution in [2.75, 3.05) is 26.7 Å². The van der Waals surface area contributed by atoms with Crippen LogP contribution in [0.1, 0.15) is 36.7 Å². The van der Waals surface area contributed by atoms with Gasteiger partial charge in [0.15, 0.2) is 0 Å². The molecule has 0 radical (unpaired) electrons. The molecule has 142 valence electrons. The highest BCUT2D eigenvalue weighted by Gasteiger charge is 2.36. The first-order valence-electron chi connectivity index (χ1n) is 8.05. The summed E-state index contributed by atoms with van der Waals surface area (Å²) < 4.78 is 43.1. The zero-order valence-electron chi connectivity index (χ0n) is 13.8. The molecule has 2 saturated heterocycles. The number of H-pyrrole nitrogens is 1. The number of alkyl halides is 3. The number of imidazole rings is 1. The molecule has 0 unspecified atom stereocenters. The smallest absolute Gasteiger partial charge is 0.380 e. The molecule has 10 heteroatoms. The van der Waals surface area contributed by atoms with Crippen LogP contribution in [0, 0.1) is 0 Å². The van der Waals surface area contributed by atoms with Crippen LogP contribution in [0.4, 0.5) is 13.2 Å². The number of nitrogens with zero attached hydrogens (tertiary/aromatic N) is 2. The fraction of sp³-hybridized carbons (Fsp3) is 0.733. The van der Waals surface area contributed by atoms with Crippen LogP contribution in [-0.2, 0) is 15.7 Å². The number of ether oxygens (including phenoxy) is 1. The summed E-state index contributed by atoms with van der Waals surface area (Å²) in [6, 6.07) is -0.230. The number of likely N-dealkylation sites (tertiary alicyclic amines) is 1. The van der Waals surface area contributed by atoms with E-state index < -0.39 is 11.9 Å². The van der Waals surface area contributed by atoms with E-state index in [2.05, 4.69) is 15.3 Å². The lowest BCUT2D eigenvalue weighted by atomic mass is 9.95. The van der Waals surface area contributed by atoms with Crippen LogP contribution in [0.25, 0.3) is 0 Å². The van der Waals surface area contributed by atoms with Crippen molar-refractivity contribution < 1.29 is 22.7 Å². The average molecular weight is 383 g/mol. The second-order valence-electron chi connectivity index (χ2n) is 6.33. The number of carbonyl (C=O) groups excluding carboxylic acids is 1. The maximum absolute atomic E-state index is 12.6. The Balaban J connectivity index is 0.00000225. The van der Waals surface area contributed by atoms with Gasteiger partial charge in [-0.2, -0.15) is 13.2 Å². The molecule has 0 saturated carbocycles. The van der Waals surface area contributed by atoms with E-state index >= 15 is 0 Å². The molecule has 2 aliphatic heterocycles. The molecule has 0 aromatic carbocycles. The van der Waals surface area contributed by atoms with E-state index in [9.17, 15) is 18.0 Å². The first-order valence-corrected chi connectivity index (χ1v) is 8.05. The molecular weight excluding hydrogens is 361 g/mol. The highest BCUT2D eigenvalue weighted by molar-refractivity contribution is 5.85. The zero-order valence-corrected chi connectivity index (χ0v) is 14.6. The third-order valence-corrected chi connectivity index (χ3v) is 4.82. The van der Waals surface area contributed by atoms with Crippen LogP contribution in [0.2, 0.25) is 0 Å². The fourth-order valence-electron chi connectivity index (χ4n) is 3.35. The molecule has 1 amide bonds. The molecule has 2 atom stereocenters. The molecule has 2 aliphatic rings. The molecule has 2 N–H and O–H groups in total. The van der Waals surface area contributed by atoms with Crippen molar-refractivity contribution >= 4 is 18.3 Å². The minimum atomic E-state index is -4.41. The Labute approximate surface area is 149 Å². The van der Waals surface area contributed by atoms with E-state index in [1.54, 1.807) is 12.0 Å². The third-order valence-electron chi connectivity index (χ3n) is 4.82. The van der Waals surface area contributed by atoms with Gasteiger partial charge in [0.1, 0.15) is 11.5 Å². The Hall–Kier alpha value is -1.32. The minimum Gasteiger partial charge on any atom is -0.380 e. The van der Waals surface area contributed by atoms with Crippen LogP contribution in [0.15, 0.2) is 6.20 Å². The van der Waals surface area contributed by atoms with E-state index in [4.69, 9.17) is 4.74 Å². The monoisotopic (exact) mass is 382 g/mol. The quantitative estimate of drug-likeness (QED) is 0.838. The highest BCUT2D eigenvalue weighted by atomic mass is 35.5. The summed E-state index contributed by atoms with van der Waals surface area (Å²) in [4.78, 5) is 20.5. The van der Waals surface area contributed by atoms with Crippen LogP contribution in [0.5, 0.6) is 0 Å². The summed E-state index contributed by atoms with van der Waals surface area (Å²) in [7, 11) is 1.63. The zero-order chi connectivity index (χ0) is 17.3. The van der Waals surface area contributed by atoms with Crippen molar-refractivity contribution in [2.45, 2.75) is 43.5 Å². The largest absolute Gasteiger partial charge is 0.432 e. The van der Waals surface area contributed by atoms with Crippen LogP contribution >= 0.6 is 12.4 Å². The van der Waals surface area contributed by atoms with Gasteiger partial charge >= 0.3 is 6.18 Å². The van der Waals surface area contributed by atoms with Crippen LogP contribution in [-0.4, -0.2) is 59.7 Å². The molecule has 2 fully saturated rings. The summed E-state index contributed by atoms with van der Waals surface area (Å²) in [5, 5.41) is 3.16. The van der Waals surface area contributed by atoms with Crippen molar-refractivity contribution in [2.24, 2.45) is 0 Å². The third kappa shape index (κ3) is 4.45. The summed E-state index contributed by atoms with van der Waals surface area (Å²) >= 11 is 0. The molecule has 6 nitrogen and oxygen atoms in total. The van der Waals surface area contributed by atoms with E-state index in [1.165, 1.54) is 0 Å². The van der Waals surface area contributed by atoms with E-state index in [1.807, 2.05) is 0 Å². The number of hydrogen-bond acceptors (Lipinski definition) is 4. The lowest BCUT2D eigenvalue weighted by molar-refractivity contribution is -0.141. The molecule has 0 bridgehead atoms. The van der Waals surface area contributed by atoms with Crippen LogP contribution in [0.3, 0.4) is 0 Å². The normalized spacial score (nSPS) is 25.0. The summed E-state index contributed by atoms with van der Waals surface area (Å²) in [6.45, 7) is 1.72. The molecule has 0 aliphatic carbocycles. The molecule has 3 heterocycles. The fourth-order valence-corrected chi connectivity index (χ4v) is 3.35. The van der Waals surface area contributed by atoms with Gasteiger partial charge in [0.25, 0.3) is 0 Å². The maximum Gasteiger partial charge on any atom is 0.432 e. The van der Waals surface area contributed by atoms with Gasteiger partial charge in [0, 0.05) is 32.7 Å². The Kier molecular flexibility index (Phi) is 6.34. The molecular formula is C15H22ClF3N4O2. The maximum atomic E-state index is 12.6. The van der Waals surface area contributed by atoms with Gasteiger partial charge in [-0.3, -0.25) is 4.79 Å². The Morgan fingerprint density at radius 1 is 1.36 bits per heavy atom. The van der Waals surface area contributed by atoms with Gasteiger partial charge in [-0.05, 0) is 19.3 Å². The highest BCUT2D eigenvalue weighted by Crippen LogP contribution is 2.31. The standard InChI is InChI=1S/C15H21F3N4O2.ClH/c1-24-10-6-11(19-7-10)14(23)22-4-2-9(3-5-22)13-20-8-12(21-13)15(16,17)18;/h8-11,19H,2-7H2,1H3,(H,20,21);1H/t10-,11+;/m0./s1.